The van der Waals surface area contributed by atoms with Crippen molar-refractivity contribution in [1.82, 2.24) is 0 Å². The summed E-state index contributed by atoms with van der Waals surface area (Å²) in [6.07, 6.45) is 0.946. The van der Waals surface area contributed by atoms with Crippen LogP contribution in [0.15, 0.2) is 34.8 Å². The Bertz CT molecular complexity index is 363. The van der Waals surface area contributed by atoms with Crippen LogP contribution in [0.5, 0.6) is 0 Å². The number of allylic oxidation sites excluding steroid dienone is 1. The van der Waals surface area contributed by atoms with Crippen molar-refractivity contribution in [2.75, 3.05) is 0 Å². The lowest BCUT2D eigenvalue weighted by molar-refractivity contribution is 0.168. The maximum atomic E-state index is 9.93. The van der Waals surface area contributed by atoms with Crippen LogP contribution in [0, 0.1) is 0 Å². The van der Waals surface area contributed by atoms with E-state index in [-0.39, 0.29) is 0 Å². The number of hydrogen-bond acceptors (Lipinski definition) is 1. The number of benzene rings is 1. The zero-order valence-corrected chi connectivity index (χ0v) is 11.0. The van der Waals surface area contributed by atoms with E-state index in [0.717, 1.165) is 22.0 Å². The third kappa shape index (κ3) is 3.63. The quantitative estimate of drug-likeness (QED) is 0.810. The van der Waals surface area contributed by atoms with Crippen LogP contribution in [0.25, 0.3) is 0 Å². The Labute approximate surface area is 104 Å². The van der Waals surface area contributed by atoms with Gasteiger partial charge in [0.2, 0.25) is 0 Å². The topological polar surface area (TPSA) is 20.2 Å². The molecule has 0 saturated heterocycles. The largest absolute Gasteiger partial charge is 0.388 e. The highest BCUT2D eigenvalue weighted by Crippen LogP contribution is 2.32. The molecule has 0 heterocycles. The predicted molar refractivity (Wildman–Crippen MR) is 68.2 cm³/mol. The first kappa shape index (κ1) is 12.8. The Morgan fingerprint density at radius 1 is 1.60 bits per heavy atom. The first-order chi connectivity index (χ1) is 7.02. The van der Waals surface area contributed by atoms with Crippen LogP contribution in [-0.2, 0) is 0 Å². The van der Waals surface area contributed by atoms with Crippen molar-refractivity contribution in [2.24, 2.45) is 0 Å². The van der Waals surface area contributed by atoms with Crippen molar-refractivity contribution < 1.29 is 5.11 Å². The van der Waals surface area contributed by atoms with E-state index in [0.29, 0.717) is 11.4 Å². The van der Waals surface area contributed by atoms with E-state index in [2.05, 4.69) is 22.5 Å². The molecule has 15 heavy (non-hydrogen) atoms. The summed E-state index contributed by atoms with van der Waals surface area (Å²) < 4.78 is 0.816. The molecular weight excluding hydrogens is 275 g/mol. The van der Waals surface area contributed by atoms with Gasteiger partial charge in [0.1, 0.15) is 0 Å². The number of halogens is 2. The first-order valence-corrected chi connectivity index (χ1v) is 5.96. The average Bonchev–Trinajstić information content (AvgIpc) is 2.18. The first-order valence-electron chi connectivity index (χ1n) is 4.78. The maximum Gasteiger partial charge on any atom is 0.0807 e. The number of rotatable bonds is 4. The van der Waals surface area contributed by atoms with E-state index in [1.807, 2.05) is 25.1 Å². The third-order valence-corrected chi connectivity index (χ3v) is 3.50. The van der Waals surface area contributed by atoms with Crippen LogP contribution in [0.3, 0.4) is 0 Å². The smallest absolute Gasteiger partial charge is 0.0807 e. The summed E-state index contributed by atoms with van der Waals surface area (Å²) >= 11 is 9.41. The highest BCUT2D eigenvalue weighted by atomic mass is 79.9. The van der Waals surface area contributed by atoms with Gasteiger partial charge in [-0.25, -0.2) is 0 Å². The summed E-state index contributed by atoms with van der Waals surface area (Å²) in [7, 11) is 0. The summed E-state index contributed by atoms with van der Waals surface area (Å²) in [6.45, 7) is 5.76. The van der Waals surface area contributed by atoms with Gasteiger partial charge in [-0.15, -0.1) is 6.58 Å². The number of aliphatic hydroxyl groups excluding tert-OH is 1. The fraction of sp³-hybridized carbons (Fsp3) is 0.333. The van der Waals surface area contributed by atoms with Gasteiger partial charge in [-0.2, -0.15) is 0 Å². The number of hydrogen-bond donors (Lipinski definition) is 1. The maximum absolute atomic E-state index is 9.93. The van der Waals surface area contributed by atoms with Gasteiger partial charge in [0.15, 0.2) is 0 Å². The Kier molecular flexibility index (Phi) is 4.84. The lowest BCUT2D eigenvalue weighted by atomic mass is 10.0. The van der Waals surface area contributed by atoms with E-state index in [9.17, 15) is 5.11 Å². The van der Waals surface area contributed by atoms with Crippen LogP contribution in [0.2, 0.25) is 5.02 Å². The third-order valence-electron chi connectivity index (χ3n) is 2.19. The molecule has 1 N–H and O–H groups in total. The molecule has 1 aromatic carbocycles. The molecule has 82 valence electrons. The summed E-state index contributed by atoms with van der Waals surface area (Å²) in [5.41, 5.74) is 1.84. The van der Waals surface area contributed by atoms with Gasteiger partial charge in [0.25, 0.3) is 0 Å². The lowest BCUT2D eigenvalue weighted by Gasteiger charge is -2.13. The van der Waals surface area contributed by atoms with Crippen LogP contribution in [-0.4, -0.2) is 5.11 Å². The zero-order chi connectivity index (χ0) is 11.4. The van der Waals surface area contributed by atoms with Gasteiger partial charge >= 0.3 is 0 Å². The van der Waals surface area contributed by atoms with Crippen molar-refractivity contribution in [3.05, 3.63) is 45.4 Å². The Morgan fingerprint density at radius 3 is 2.87 bits per heavy atom. The molecule has 0 radical (unpaired) electrons. The summed E-state index contributed by atoms with van der Waals surface area (Å²) in [5, 5.41) is 10.5. The molecule has 1 aromatic rings. The molecule has 1 nitrogen and oxygen atoms in total. The minimum Gasteiger partial charge on any atom is -0.388 e. The van der Waals surface area contributed by atoms with Crippen LogP contribution >= 0.6 is 27.5 Å². The molecule has 3 heteroatoms. The highest BCUT2D eigenvalue weighted by Gasteiger charge is 2.12. The van der Waals surface area contributed by atoms with E-state index in [1.165, 1.54) is 0 Å². The normalized spacial score (nSPS) is 12.5. The average molecular weight is 290 g/mol. The van der Waals surface area contributed by atoms with E-state index >= 15 is 0 Å². The molecule has 1 atom stereocenters. The van der Waals surface area contributed by atoms with Gasteiger partial charge in [-0.1, -0.05) is 29.3 Å². The second kappa shape index (κ2) is 5.69. The molecule has 0 aliphatic heterocycles. The Balaban J connectivity index is 2.77. The van der Waals surface area contributed by atoms with Gasteiger partial charge in [-0.3, -0.25) is 0 Å². The van der Waals surface area contributed by atoms with Crippen LogP contribution in [0.1, 0.15) is 31.4 Å². The van der Waals surface area contributed by atoms with Gasteiger partial charge in [0, 0.05) is 10.0 Å². The highest BCUT2D eigenvalue weighted by molar-refractivity contribution is 9.10. The fourth-order valence-electron chi connectivity index (χ4n) is 1.32. The SMILES string of the molecule is C=C(C)CCC(O)c1cccc(Br)c1Cl. The molecule has 0 amide bonds. The van der Waals surface area contributed by atoms with Gasteiger partial charge in [0.05, 0.1) is 11.1 Å². The van der Waals surface area contributed by atoms with Crippen molar-refractivity contribution in [3.8, 4) is 0 Å². The minimum absolute atomic E-state index is 0.522. The van der Waals surface area contributed by atoms with Crippen molar-refractivity contribution in [3.63, 3.8) is 0 Å². The number of aliphatic hydroxyl groups is 1. The molecule has 0 fully saturated rings. The molecule has 0 bridgehead atoms. The molecule has 0 saturated carbocycles. The second-order valence-electron chi connectivity index (χ2n) is 3.65. The zero-order valence-electron chi connectivity index (χ0n) is 8.63. The second-order valence-corrected chi connectivity index (χ2v) is 4.89. The predicted octanol–water partition coefficient (Wildman–Crippen LogP) is 4.49. The molecule has 0 spiro atoms. The van der Waals surface area contributed by atoms with E-state index in [1.54, 1.807) is 0 Å². The fourth-order valence-corrected chi connectivity index (χ4v) is 1.95. The molecule has 0 aliphatic carbocycles. The summed E-state index contributed by atoms with van der Waals surface area (Å²) in [6, 6.07) is 5.57. The lowest BCUT2D eigenvalue weighted by Crippen LogP contribution is -1.98. The summed E-state index contributed by atoms with van der Waals surface area (Å²) in [5.74, 6) is 0. The van der Waals surface area contributed by atoms with Crippen molar-refractivity contribution in [1.29, 1.82) is 0 Å². The molecule has 0 aromatic heterocycles. The summed E-state index contributed by atoms with van der Waals surface area (Å²) in [4.78, 5) is 0. The van der Waals surface area contributed by atoms with Crippen LogP contribution in [0.4, 0.5) is 0 Å². The van der Waals surface area contributed by atoms with E-state index in [4.69, 9.17) is 11.6 Å². The Morgan fingerprint density at radius 2 is 2.27 bits per heavy atom. The van der Waals surface area contributed by atoms with Gasteiger partial charge < -0.3 is 5.11 Å². The van der Waals surface area contributed by atoms with Crippen molar-refractivity contribution >= 4 is 27.5 Å². The Hall–Kier alpha value is -0.310. The van der Waals surface area contributed by atoms with Crippen molar-refractivity contribution in [2.45, 2.75) is 25.9 Å². The molecular formula is C12H14BrClO. The molecule has 1 rings (SSSR count). The standard InChI is InChI=1S/C12H14BrClO/c1-8(2)6-7-11(15)9-4-3-5-10(13)12(9)14/h3-5,11,15H,1,6-7H2,2H3. The van der Waals surface area contributed by atoms with Crippen LogP contribution < -0.4 is 0 Å². The molecule has 0 aliphatic rings. The minimum atomic E-state index is -0.522. The monoisotopic (exact) mass is 288 g/mol. The van der Waals surface area contributed by atoms with E-state index < -0.39 is 6.10 Å². The molecule has 1 unspecified atom stereocenters. The van der Waals surface area contributed by atoms with Gasteiger partial charge in [-0.05, 0) is 41.8 Å².